The normalized spacial score (nSPS) is 15.3. The van der Waals surface area contributed by atoms with Gasteiger partial charge in [0.05, 0.1) is 7.11 Å². The molecule has 21 heavy (non-hydrogen) atoms. The molecule has 0 saturated heterocycles. The average Bonchev–Trinajstić information content (AvgIpc) is 3.30. The Morgan fingerprint density at radius 3 is 2.52 bits per heavy atom. The van der Waals surface area contributed by atoms with E-state index in [2.05, 4.69) is 5.32 Å². The average molecular weight is 291 g/mol. The van der Waals surface area contributed by atoms with E-state index in [1.54, 1.807) is 7.11 Å². The molecule has 1 saturated carbocycles. The molecule has 1 unspecified atom stereocenters. The molecule has 114 valence electrons. The minimum atomic E-state index is -0.930. The van der Waals surface area contributed by atoms with Gasteiger partial charge in [-0.3, -0.25) is 4.79 Å². The SMILES string of the molecule is COc1ccc(CCCC(=O)NC(C(=O)O)C2CC2)cc1. The topological polar surface area (TPSA) is 75.6 Å². The molecule has 1 aliphatic carbocycles. The summed E-state index contributed by atoms with van der Waals surface area (Å²) in [5.74, 6) is -0.179. The molecule has 0 aromatic heterocycles. The van der Waals surface area contributed by atoms with Gasteiger partial charge in [-0.25, -0.2) is 4.79 Å². The number of rotatable bonds is 8. The van der Waals surface area contributed by atoms with Gasteiger partial charge < -0.3 is 15.2 Å². The number of carboxylic acid groups (broad SMARTS) is 1. The number of hydrogen-bond acceptors (Lipinski definition) is 3. The first kappa shape index (κ1) is 15.4. The zero-order chi connectivity index (χ0) is 15.2. The molecule has 1 fully saturated rings. The zero-order valence-corrected chi connectivity index (χ0v) is 12.2. The van der Waals surface area contributed by atoms with Gasteiger partial charge in [-0.15, -0.1) is 0 Å². The highest BCUT2D eigenvalue weighted by atomic mass is 16.5. The maximum absolute atomic E-state index is 11.8. The van der Waals surface area contributed by atoms with E-state index in [4.69, 9.17) is 9.84 Å². The Labute approximate surface area is 124 Å². The van der Waals surface area contributed by atoms with Crippen LogP contribution in [0.15, 0.2) is 24.3 Å². The number of aryl methyl sites for hydroxylation is 1. The quantitative estimate of drug-likeness (QED) is 0.768. The second kappa shape index (κ2) is 7.11. The molecule has 1 amide bonds. The molecule has 1 aromatic rings. The highest BCUT2D eigenvalue weighted by molar-refractivity contribution is 5.84. The van der Waals surface area contributed by atoms with Gasteiger partial charge in [-0.1, -0.05) is 12.1 Å². The summed E-state index contributed by atoms with van der Waals surface area (Å²) in [6, 6.07) is 7.02. The van der Waals surface area contributed by atoms with E-state index in [1.165, 1.54) is 0 Å². The fourth-order valence-corrected chi connectivity index (χ4v) is 2.30. The Kier molecular flexibility index (Phi) is 5.20. The predicted molar refractivity (Wildman–Crippen MR) is 78.2 cm³/mol. The van der Waals surface area contributed by atoms with E-state index in [0.29, 0.717) is 12.8 Å². The van der Waals surface area contributed by atoms with Crippen LogP contribution in [0.2, 0.25) is 0 Å². The van der Waals surface area contributed by atoms with Gasteiger partial charge in [-0.05, 0) is 49.3 Å². The fourth-order valence-electron chi connectivity index (χ4n) is 2.30. The van der Waals surface area contributed by atoms with Crippen LogP contribution in [0.1, 0.15) is 31.2 Å². The van der Waals surface area contributed by atoms with Crippen molar-refractivity contribution in [3.8, 4) is 5.75 Å². The number of carbonyl (C=O) groups excluding carboxylic acids is 1. The van der Waals surface area contributed by atoms with Crippen LogP contribution in [0.5, 0.6) is 5.75 Å². The van der Waals surface area contributed by atoms with E-state index >= 15 is 0 Å². The van der Waals surface area contributed by atoms with Gasteiger partial charge in [0.25, 0.3) is 0 Å². The van der Waals surface area contributed by atoms with Crippen molar-refractivity contribution in [3.63, 3.8) is 0 Å². The Bertz CT molecular complexity index is 494. The van der Waals surface area contributed by atoms with Crippen LogP contribution >= 0.6 is 0 Å². The lowest BCUT2D eigenvalue weighted by molar-refractivity contribution is -0.142. The van der Waals surface area contributed by atoms with Crippen molar-refractivity contribution in [1.82, 2.24) is 5.32 Å². The van der Waals surface area contributed by atoms with Crippen molar-refractivity contribution in [2.24, 2.45) is 5.92 Å². The van der Waals surface area contributed by atoms with Crippen molar-refractivity contribution in [1.29, 1.82) is 0 Å². The standard InChI is InChI=1S/C16H21NO4/c1-21-13-9-5-11(6-10-13)3-2-4-14(18)17-15(16(19)20)12-7-8-12/h5-6,9-10,12,15H,2-4,7-8H2,1H3,(H,17,18)(H,19,20). The van der Waals surface area contributed by atoms with Gasteiger partial charge in [0, 0.05) is 6.42 Å². The molecule has 0 aliphatic heterocycles. The number of nitrogens with one attached hydrogen (secondary N) is 1. The predicted octanol–water partition coefficient (Wildman–Crippen LogP) is 2.00. The lowest BCUT2D eigenvalue weighted by Crippen LogP contribution is -2.42. The maximum Gasteiger partial charge on any atom is 0.326 e. The molecule has 0 spiro atoms. The van der Waals surface area contributed by atoms with Crippen LogP contribution in [-0.4, -0.2) is 30.1 Å². The third kappa shape index (κ3) is 4.77. The van der Waals surface area contributed by atoms with Gasteiger partial charge in [0.1, 0.15) is 11.8 Å². The summed E-state index contributed by atoms with van der Waals surface area (Å²) >= 11 is 0. The summed E-state index contributed by atoms with van der Waals surface area (Å²) < 4.78 is 5.09. The minimum Gasteiger partial charge on any atom is -0.497 e. The molecule has 0 heterocycles. The van der Waals surface area contributed by atoms with E-state index in [0.717, 1.165) is 30.6 Å². The van der Waals surface area contributed by atoms with E-state index < -0.39 is 12.0 Å². The van der Waals surface area contributed by atoms with Crippen LogP contribution in [0.25, 0.3) is 0 Å². The van der Waals surface area contributed by atoms with E-state index in [9.17, 15) is 9.59 Å². The number of benzene rings is 1. The Morgan fingerprint density at radius 1 is 1.33 bits per heavy atom. The van der Waals surface area contributed by atoms with E-state index in [-0.39, 0.29) is 11.8 Å². The van der Waals surface area contributed by atoms with Crippen LogP contribution in [-0.2, 0) is 16.0 Å². The van der Waals surface area contributed by atoms with Gasteiger partial charge in [0.15, 0.2) is 0 Å². The molecule has 1 aromatic carbocycles. The van der Waals surface area contributed by atoms with Crippen LogP contribution in [0, 0.1) is 5.92 Å². The molecule has 2 N–H and O–H groups in total. The lowest BCUT2D eigenvalue weighted by Gasteiger charge is -2.13. The minimum absolute atomic E-state index is 0.119. The first-order valence-corrected chi connectivity index (χ1v) is 7.25. The number of carboxylic acids is 1. The van der Waals surface area contributed by atoms with Crippen LogP contribution < -0.4 is 10.1 Å². The fraction of sp³-hybridized carbons (Fsp3) is 0.500. The zero-order valence-electron chi connectivity index (χ0n) is 12.2. The molecule has 0 radical (unpaired) electrons. The number of ether oxygens (including phenoxy) is 1. The first-order chi connectivity index (χ1) is 10.1. The Hall–Kier alpha value is -2.04. The summed E-state index contributed by atoms with van der Waals surface area (Å²) in [6.07, 6.45) is 3.63. The van der Waals surface area contributed by atoms with Crippen molar-refractivity contribution in [2.45, 2.75) is 38.1 Å². The molecule has 2 rings (SSSR count). The highest BCUT2D eigenvalue weighted by Crippen LogP contribution is 2.32. The Balaban J connectivity index is 1.71. The number of hydrogen-bond donors (Lipinski definition) is 2. The van der Waals surface area contributed by atoms with Crippen molar-refractivity contribution in [2.75, 3.05) is 7.11 Å². The monoisotopic (exact) mass is 291 g/mol. The smallest absolute Gasteiger partial charge is 0.326 e. The lowest BCUT2D eigenvalue weighted by atomic mass is 10.1. The number of carbonyl (C=O) groups is 2. The van der Waals surface area contributed by atoms with Gasteiger partial charge >= 0.3 is 5.97 Å². The molecule has 0 bridgehead atoms. The summed E-state index contributed by atoms with van der Waals surface area (Å²) in [6.45, 7) is 0. The maximum atomic E-state index is 11.8. The van der Waals surface area contributed by atoms with Crippen molar-refractivity contribution in [3.05, 3.63) is 29.8 Å². The van der Waals surface area contributed by atoms with Crippen molar-refractivity contribution < 1.29 is 19.4 Å². The first-order valence-electron chi connectivity index (χ1n) is 7.25. The number of methoxy groups -OCH3 is 1. The van der Waals surface area contributed by atoms with Crippen LogP contribution in [0.3, 0.4) is 0 Å². The van der Waals surface area contributed by atoms with Gasteiger partial charge in [-0.2, -0.15) is 0 Å². The van der Waals surface area contributed by atoms with Crippen LogP contribution in [0.4, 0.5) is 0 Å². The molecule has 5 heteroatoms. The molecular weight excluding hydrogens is 270 g/mol. The van der Waals surface area contributed by atoms with Crippen molar-refractivity contribution >= 4 is 11.9 Å². The highest BCUT2D eigenvalue weighted by Gasteiger charge is 2.37. The Morgan fingerprint density at radius 2 is 2.00 bits per heavy atom. The largest absolute Gasteiger partial charge is 0.497 e. The summed E-state index contributed by atoms with van der Waals surface area (Å²) in [5, 5.41) is 11.7. The number of amides is 1. The van der Waals surface area contributed by atoms with Gasteiger partial charge in [0.2, 0.25) is 5.91 Å². The second-order valence-electron chi connectivity index (χ2n) is 5.42. The second-order valence-corrected chi connectivity index (χ2v) is 5.42. The summed E-state index contributed by atoms with van der Waals surface area (Å²) in [5.41, 5.74) is 1.14. The third-order valence-electron chi connectivity index (χ3n) is 3.70. The number of aliphatic carboxylic acids is 1. The van der Waals surface area contributed by atoms with E-state index in [1.807, 2.05) is 24.3 Å². The molecule has 5 nitrogen and oxygen atoms in total. The molecular formula is C16H21NO4. The third-order valence-corrected chi connectivity index (χ3v) is 3.70. The molecule has 1 aliphatic rings. The summed E-state index contributed by atoms with van der Waals surface area (Å²) in [4.78, 5) is 22.8. The molecule has 1 atom stereocenters. The summed E-state index contributed by atoms with van der Waals surface area (Å²) in [7, 11) is 1.62.